The van der Waals surface area contributed by atoms with Gasteiger partial charge in [-0.15, -0.1) is 0 Å². The number of likely N-dealkylation sites (N-methyl/N-ethyl adjacent to an activating group) is 1. The van der Waals surface area contributed by atoms with E-state index in [2.05, 4.69) is 0 Å². The molecule has 0 radical (unpaired) electrons. The largest absolute Gasteiger partial charge is 0.464 e. The number of ether oxygens (including phenoxy) is 1. The van der Waals surface area contributed by atoms with Crippen LogP contribution in [-0.2, 0) is 21.0 Å². The first-order valence-electron chi connectivity index (χ1n) is 7.59. The molecule has 22 heavy (non-hydrogen) atoms. The van der Waals surface area contributed by atoms with Crippen molar-refractivity contribution in [1.29, 1.82) is 0 Å². The van der Waals surface area contributed by atoms with E-state index in [0.29, 0.717) is 32.7 Å². The van der Waals surface area contributed by atoms with Crippen molar-refractivity contribution < 1.29 is 19.2 Å². The zero-order valence-electron chi connectivity index (χ0n) is 13.0. The summed E-state index contributed by atoms with van der Waals surface area (Å²) in [4.78, 5) is 31.4. The molecule has 1 fully saturated rings. The van der Waals surface area contributed by atoms with Crippen molar-refractivity contribution in [1.82, 2.24) is 9.96 Å². The minimum atomic E-state index is -0.519. The summed E-state index contributed by atoms with van der Waals surface area (Å²) in [7, 11) is 0. The van der Waals surface area contributed by atoms with Gasteiger partial charge in [0, 0.05) is 6.54 Å². The number of esters is 1. The zero-order valence-corrected chi connectivity index (χ0v) is 13.0. The lowest BCUT2D eigenvalue weighted by Crippen LogP contribution is -2.57. The highest BCUT2D eigenvalue weighted by Gasteiger charge is 2.38. The standard InChI is InChI=1S/C16H22N2O4/c1-3-17-14(15(19)21-4-2)10-11-18(16(17)20)22-12-13-8-6-5-7-9-13/h5-9,14H,3-4,10-12H2,1-2H3/t14-/m0/s1. The molecule has 0 saturated carbocycles. The maximum absolute atomic E-state index is 12.4. The average molecular weight is 306 g/mol. The van der Waals surface area contributed by atoms with Crippen LogP contribution in [0.3, 0.4) is 0 Å². The molecule has 0 aliphatic carbocycles. The molecule has 0 bridgehead atoms. The third-order valence-corrected chi connectivity index (χ3v) is 3.57. The number of carbonyl (C=O) groups excluding carboxylic acids is 2. The molecule has 2 rings (SSSR count). The Morgan fingerprint density at radius 3 is 2.64 bits per heavy atom. The second-order valence-electron chi connectivity index (χ2n) is 4.99. The van der Waals surface area contributed by atoms with Crippen LogP contribution in [0.25, 0.3) is 0 Å². The minimum Gasteiger partial charge on any atom is -0.464 e. The maximum atomic E-state index is 12.4. The summed E-state index contributed by atoms with van der Waals surface area (Å²) in [6.45, 7) is 5.06. The van der Waals surface area contributed by atoms with E-state index in [1.165, 1.54) is 9.96 Å². The fourth-order valence-corrected chi connectivity index (χ4v) is 2.45. The predicted octanol–water partition coefficient (Wildman–Crippen LogP) is 2.20. The van der Waals surface area contributed by atoms with E-state index in [9.17, 15) is 9.59 Å². The summed E-state index contributed by atoms with van der Waals surface area (Å²) >= 11 is 0. The molecule has 1 heterocycles. The first kappa shape index (κ1) is 16.3. The molecular formula is C16H22N2O4. The van der Waals surface area contributed by atoms with Gasteiger partial charge in [-0.05, 0) is 25.8 Å². The Bertz CT molecular complexity index is 506. The van der Waals surface area contributed by atoms with Gasteiger partial charge in [0.2, 0.25) is 0 Å². The fourth-order valence-electron chi connectivity index (χ4n) is 2.45. The third kappa shape index (κ3) is 3.76. The van der Waals surface area contributed by atoms with Crippen LogP contribution in [0.4, 0.5) is 4.79 Å². The van der Waals surface area contributed by atoms with E-state index in [1.54, 1.807) is 6.92 Å². The van der Waals surface area contributed by atoms with Gasteiger partial charge in [0.25, 0.3) is 0 Å². The second-order valence-corrected chi connectivity index (χ2v) is 4.99. The maximum Gasteiger partial charge on any atom is 0.344 e. The Hall–Kier alpha value is -2.08. The molecule has 6 heteroatoms. The van der Waals surface area contributed by atoms with Crippen LogP contribution in [0.5, 0.6) is 0 Å². The van der Waals surface area contributed by atoms with E-state index >= 15 is 0 Å². The molecule has 0 aromatic heterocycles. The van der Waals surface area contributed by atoms with Gasteiger partial charge < -0.3 is 9.64 Å². The lowest BCUT2D eigenvalue weighted by Gasteiger charge is -2.38. The fraction of sp³-hybridized carbons (Fsp3) is 0.500. The van der Waals surface area contributed by atoms with Gasteiger partial charge in [0.1, 0.15) is 12.6 Å². The number of amides is 2. The first-order chi connectivity index (χ1) is 10.7. The third-order valence-electron chi connectivity index (χ3n) is 3.57. The number of carbonyl (C=O) groups is 2. The number of nitrogens with zero attached hydrogens (tertiary/aromatic N) is 2. The van der Waals surface area contributed by atoms with Crippen molar-refractivity contribution >= 4 is 12.0 Å². The summed E-state index contributed by atoms with van der Waals surface area (Å²) < 4.78 is 5.03. The molecule has 120 valence electrons. The molecule has 1 aliphatic heterocycles. The van der Waals surface area contributed by atoms with E-state index in [1.807, 2.05) is 37.3 Å². The van der Waals surface area contributed by atoms with Gasteiger partial charge in [-0.1, -0.05) is 30.3 Å². The Labute approximate surface area is 130 Å². The monoisotopic (exact) mass is 306 g/mol. The van der Waals surface area contributed by atoms with Gasteiger partial charge >= 0.3 is 12.0 Å². The van der Waals surface area contributed by atoms with Gasteiger partial charge in [-0.2, -0.15) is 0 Å². The second kappa shape index (κ2) is 7.79. The van der Waals surface area contributed by atoms with Crippen LogP contribution < -0.4 is 0 Å². The van der Waals surface area contributed by atoms with E-state index < -0.39 is 6.04 Å². The highest BCUT2D eigenvalue weighted by atomic mass is 16.7. The number of hydroxylamine groups is 2. The van der Waals surface area contributed by atoms with Crippen molar-refractivity contribution in [3.05, 3.63) is 35.9 Å². The number of rotatable bonds is 6. The Morgan fingerprint density at radius 1 is 1.27 bits per heavy atom. The first-order valence-corrected chi connectivity index (χ1v) is 7.59. The summed E-state index contributed by atoms with van der Waals surface area (Å²) in [5.74, 6) is -0.347. The van der Waals surface area contributed by atoms with Crippen molar-refractivity contribution in [3.8, 4) is 0 Å². The molecule has 2 amide bonds. The topological polar surface area (TPSA) is 59.1 Å². The van der Waals surface area contributed by atoms with Gasteiger partial charge in [0.05, 0.1) is 13.2 Å². The van der Waals surface area contributed by atoms with Gasteiger partial charge in [-0.25, -0.2) is 14.7 Å². The van der Waals surface area contributed by atoms with Crippen LogP contribution in [0.1, 0.15) is 25.8 Å². The predicted molar refractivity (Wildman–Crippen MR) is 80.8 cm³/mol. The number of benzene rings is 1. The number of hydrogen-bond donors (Lipinski definition) is 0. The molecule has 6 nitrogen and oxygen atoms in total. The van der Waals surface area contributed by atoms with Crippen LogP contribution in [0.2, 0.25) is 0 Å². The number of urea groups is 1. The summed E-state index contributed by atoms with van der Waals surface area (Å²) in [5.41, 5.74) is 0.992. The van der Waals surface area contributed by atoms with Crippen LogP contribution in [-0.4, -0.2) is 47.7 Å². The minimum absolute atomic E-state index is 0.289. The molecule has 1 aromatic carbocycles. The van der Waals surface area contributed by atoms with Crippen molar-refractivity contribution in [2.45, 2.75) is 32.9 Å². The Kier molecular flexibility index (Phi) is 5.77. The molecule has 1 aliphatic rings. The van der Waals surface area contributed by atoms with E-state index in [0.717, 1.165) is 5.56 Å². The summed E-state index contributed by atoms with van der Waals surface area (Å²) in [6.07, 6.45) is 0.507. The molecule has 1 aromatic rings. The van der Waals surface area contributed by atoms with Crippen LogP contribution in [0.15, 0.2) is 30.3 Å². The SMILES string of the molecule is CCOC(=O)[C@@H]1CCN(OCc2ccccc2)C(=O)N1CC. The smallest absolute Gasteiger partial charge is 0.344 e. The van der Waals surface area contributed by atoms with Gasteiger partial charge in [-0.3, -0.25) is 4.84 Å². The van der Waals surface area contributed by atoms with Crippen molar-refractivity contribution in [3.63, 3.8) is 0 Å². The molecule has 0 spiro atoms. The van der Waals surface area contributed by atoms with Gasteiger partial charge in [0.15, 0.2) is 0 Å². The Balaban J connectivity index is 1.96. The molecule has 1 saturated heterocycles. The van der Waals surface area contributed by atoms with Crippen molar-refractivity contribution in [2.75, 3.05) is 19.7 Å². The van der Waals surface area contributed by atoms with E-state index in [-0.39, 0.29) is 12.0 Å². The molecule has 0 unspecified atom stereocenters. The average Bonchev–Trinajstić information content (AvgIpc) is 2.54. The summed E-state index contributed by atoms with van der Waals surface area (Å²) in [6, 6.07) is 8.84. The highest BCUT2D eigenvalue weighted by Crippen LogP contribution is 2.18. The quantitative estimate of drug-likeness (QED) is 0.756. The lowest BCUT2D eigenvalue weighted by atomic mass is 10.1. The Morgan fingerprint density at radius 2 is 2.00 bits per heavy atom. The van der Waals surface area contributed by atoms with E-state index in [4.69, 9.17) is 9.57 Å². The molecular weight excluding hydrogens is 284 g/mol. The van der Waals surface area contributed by atoms with Crippen LogP contribution >= 0.6 is 0 Å². The lowest BCUT2D eigenvalue weighted by molar-refractivity contribution is -0.167. The summed E-state index contributed by atoms with van der Waals surface area (Å²) in [5, 5.41) is 1.33. The van der Waals surface area contributed by atoms with Crippen molar-refractivity contribution in [2.24, 2.45) is 0 Å². The normalized spacial score (nSPS) is 18.5. The number of hydrogen-bond acceptors (Lipinski definition) is 4. The van der Waals surface area contributed by atoms with Crippen LogP contribution in [0, 0.1) is 0 Å². The zero-order chi connectivity index (χ0) is 15.9. The molecule has 0 N–H and O–H groups in total. The highest BCUT2D eigenvalue weighted by molar-refractivity contribution is 5.84. The molecule has 1 atom stereocenters.